The zero-order valence-corrected chi connectivity index (χ0v) is 13.6. The van der Waals surface area contributed by atoms with Crippen LogP contribution in [0.4, 0.5) is 5.69 Å². The van der Waals surface area contributed by atoms with Gasteiger partial charge in [0.25, 0.3) is 0 Å². The predicted molar refractivity (Wildman–Crippen MR) is 89.1 cm³/mol. The van der Waals surface area contributed by atoms with Crippen molar-refractivity contribution >= 4 is 11.6 Å². The zero-order valence-electron chi connectivity index (χ0n) is 13.6. The molecule has 1 saturated carbocycles. The second-order valence-electron chi connectivity index (χ2n) is 6.35. The van der Waals surface area contributed by atoms with Crippen molar-refractivity contribution in [3.8, 4) is 0 Å². The van der Waals surface area contributed by atoms with Crippen molar-refractivity contribution in [1.29, 1.82) is 0 Å². The van der Waals surface area contributed by atoms with Gasteiger partial charge in [-0.15, -0.1) is 0 Å². The second kappa shape index (κ2) is 5.56. The minimum Gasteiger partial charge on any atom is -0.315 e. The number of hydrogen-bond acceptors (Lipinski definition) is 2. The molecule has 0 spiro atoms. The normalized spacial score (nSPS) is 19.8. The molecule has 1 fully saturated rings. The van der Waals surface area contributed by atoms with Gasteiger partial charge in [0.05, 0.1) is 0 Å². The van der Waals surface area contributed by atoms with Crippen molar-refractivity contribution < 1.29 is 4.79 Å². The molecule has 0 saturated heterocycles. The Morgan fingerprint density at radius 1 is 1.14 bits per heavy atom. The molecular formula is C19H22N2O. The minimum atomic E-state index is 0.112. The molecule has 1 aliphatic carbocycles. The highest BCUT2D eigenvalue weighted by Crippen LogP contribution is 2.49. The van der Waals surface area contributed by atoms with Crippen LogP contribution in [0.1, 0.15) is 34.7 Å². The maximum Gasteiger partial charge on any atom is 0.230 e. The largest absolute Gasteiger partial charge is 0.315 e. The number of pyridine rings is 1. The number of nitrogens with zero attached hydrogens (tertiary/aromatic N) is 2. The lowest BCUT2D eigenvalue weighted by molar-refractivity contribution is -0.119. The lowest BCUT2D eigenvalue weighted by atomic mass is 10.0. The van der Waals surface area contributed by atoms with E-state index < -0.39 is 0 Å². The van der Waals surface area contributed by atoms with Crippen molar-refractivity contribution in [3.05, 3.63) is 58.9 Å². The number of amides is 1. The fourth-order valence-corrected chi connectivity index (χ4v) is 2.95. The van der Waals surface area contributed by atoms with Crippen LogP contribution in [-0.4, -0.2) is 17.9 Å². The SMILES string of the molecule is Cc1cc(N(C)C(=O)[C@@H]2C[C@H]2c2ccc(C)c(C)c2)ccn1. The highest BCUT2D eigenvalue weighted by Gasteiger charge is 2.45. The molecule has 1 heterocycles. The molecule has 22 heavy (non-hydrogen) atoms. The summed E-state index contributed by atoms with van der Waals surface area (Å²) < 4.78 is 0. The number of aromatic nitrogens is 1. The van der Waals surface area contributed by atoms with Crippen LogP contribution in [-0.2, 0) is 4.79 Å². The molecule has 1 aliphatic rings. The lowest BCUT2D eigenvalue weighted by Gasteiger charge is -2.17. The molecule has 0 radical (unpaired) electrons. The van der Waals surface area contributed by atoms with E-state index in [1.54, 1.807) is 11.1 Å². The van der Waals surface area contributed by atoms with Crippen LogP contribution in [0.5, 0.6) is 0 Å². The molecule has 0 bridgehead atoms. The van der Waals surface area contributed by atoms with Gasteiger partial charge in [0.15, 0.2) is 0 Å². The number of hydrogen-bond donors (Lipinski definition) is 0. The molecule has 114 valence electrons. The Balaban J connectivity index is 1.73. The fourth-order valence-electron chi connectivity index (χ4n) is 2.95. The number of aryl methyl sites for hydroxylation is 3. The Labute approximate surface area is 132 Å². The van der Waals surface area contributed by atoms with Crippen LogP contribution in [0.25, 0.3) is 0 Å². The molecule has 3 nitrogen and oxygen atoms in total. The molecule has 3 heteroatoms. The molecule has 1 amide bonds. The summed E-state index contributed by atoms with van der Waals surface area (Å²) in [5.41, 5.74) is 5.74. The van der Waals surface area contributed by atoms with Crippen LogP contribution >= 0.6 is 0 Å². The molecule has 3 rings (SSSR count). The van der Waals surface area contributed by atoms with Crippen molar-refractivity contribution in [3.63, 3.8) is 0 Å². The van der Waals surface area contributed by atoms with Gasteiger partial charge in [0.2, 0.25) is 5.91 Å². The summed E-state index contributed by atoms with van der Waals surface area (Å²) in [5, 5.41) is 0. The van der Waals surface area contributed by atoms with E-state index in [-0.39, 0.29) is 11.8 Å². The van der Waals surface area contributed by atoms with E-state index in [0.29, 0.717) is 5.92 Å². The number of carbonyl (C=O) groups excluding carboxylic acids is 1. The highest BCUT2D eigenvalue weighted by atomic mass is 16.2. The summed E-state index contributed by atoms with van der Waals surface area (Å²) in [6.45, 7) is 6.19. The first-order chi connectivity index (χ1) is 10.5. The second-order valence-corrected chi connectivity index (χ2v) is 6.35. The fraction of sp³-hybridized carbons (Fsp3) is 0.368. The summed E-state index contributed by atoms with van der Waals surface area (Å²) in [7, 11) is 1.85. The summed E-state index contributed by atoms with van der Waals surface area (Å²) in [5.74, 6) is 0.687. The molecular weight excluding hydrogens is 272 g/mol. The van der Waals surface area contributed by atoms with Gasteiger partial charge in [-0.2, -0.15) is 0 Å². The van der Waals surface area contributed by atoms with Crippen LogP contribution in [0.15, 0.2) is 36.5 Å². The maximum atomic E-state index is 12.7. The van der Waals surface area contributed by atoms with Crippen molar-refractivity contribution in [1.82, 2.24) is 4.98 Å². The quantitative estimate of drug-likeness (QED) is 0.863. The average Bonchev–Trinajstić information content (AvgIpc) is 3.29. The van der Waals surface area contributed by atoms with Gasteiger partial charge < -0.3 is 4.90 Å². The third-order valence-electron chi connectivity index (χ3n) is 4.66. The minimum absolute atomic E-state index is 0.112. The van der Waals surface area contributed by atoms with Gasteiger partial charge >= 0.3 is 0 Å². The van der Waals surface area contributed by atoms with Crippen molar-refractivity contribution in [2.45, 2.75) is 33.1 Å². The van der Waals surface area contributed by atoms with Gasteiger partial charge in [-0.25, -0.2) is 0 Å². The molecule has 0 N–H and O–H groups in total. The molecule has 1 aromatic carbocycles. The van der Waals surface area contributed by atoms with Crippen LogP contribution in [0.2, 0.25) is 0 Å². The first-order valence-corrected chi connectivity index (χ1v) is 7.74. The number of anilines is 1. The Morgan fingerprint density at radius 2 is 1.91 bits per heavy atom. The van der Waals surface area contributed by atoms with E-state index in [4.69, 9.17) is 0 Å². The smallest absolute Gasteiger partial charge is 0.230 e. The lowest BCUT2D eigenvalue weighted by Crippen LogP contribution is -2.28. The standard InChI is InChI=1S/C19H22N2O/c1-12-5-6-15(9-13(12)2)17-11-18(17)19(22)21(4)16-7-8-20-14(3)10-16/h5-10,17-18H,11H2,1-4H3/t17-,18+/m0/s1. The number of rotatable bonds is 3. The van der Waals surface area contributed by atoms with Crippen molar-refractivity contribution in [2.75, 3.05) is 11.9 Å². The Bertz CT molecular complexity index is 723. The number of carbonyl (C=O) groups is 1. The van der Waals surface area contributed by atoms with Gasteiger partial charge in [0, 0.05) is 30.5 Å². The van der Waals surface area contributed by atoms with Gasteiger partial charge in [-0.3, -0.25) is 9.78 Å². The van der Waals surface area contributed by atoms with Crippen molar-refractivity contribution in [2.24, 2.45) is 5.92 Å². The van der Waals surface area contributed by atoms with Crippen LogP contribution in [0, 0.1) is 26.7 Å². The maximum absolute atomic E-state index is 12.7. The van der Waals surface area contributed by atoms with E-state index in [1.807, 2.05) is 26.1 Å². The third-order valence-corrected chi connectivity index (χ3v) is 4.66. The molecule has 0 unspecified atom stereocenters. The van der Waals surface area contributed by atoms with E-state index in [1.165, 1.54) is 16.7 Å². The zero-order chi connectivity index (χ0) is 15.9. The topological polar surface area (TPSA) is 33.2 Å². The molecule has 0 aliphatic heterocycles. The van der Waals surface area contributed by atoms with E-state index in [9.17, 15) is 4.79 Å². The first-order valence-electron chi connectivity index (χ1n) is 7.74. The summed E-state index contributed by atoms with van der Waals surface area (Å²) in [6, 6.07) is 10.4. The summed E-state index contributed by atoms with van der Waals surface area (Å²) in [4.78, 5) is 18.6. The van der Waals surface area contributed by atoms with E-state index in [2.05, 4.69) is 37.0 Å². The molecule has 2 aromatic rings. The molecule has 1 aromatic heterocycles. The Morgan fingerprint density at radius 3 is 2.59 bits per heavy atom. The Hall–Kier alpha value is -2.16. The third kappa shape index (κ3) is 2.76. The van der Waals surface area contributed by atoms with Gasteiger partial charge in [-0.05, 0) is 61.9 Å². The van der Waals surface area contributed by atoms with Gasteiger partial charge in [-0.1, -0.05) is 18.2 Å². The summed E-state index contributed by atoms with van der Waals surface area (Å²) in [6.07, 6.45) is 2.71. The van der Waals surface area contributed by atoms with E-state index >= 15 is 0 Å². The van der Waals surface area contributed by atoms with Crippen LogP contribution < -0.4 is 4.90 Å². The molecule has 2 atom stereocenters. The average molecular weight is 294 g/mol. The number of benzene rings is 1. The predicted octanol–water partition coefficient (Wildman–Crippen LogP) is 3.77. The first kappa shape index (κ1) is 14.8. The van der Waals surface area contributed by atoms with Gasteiger partial charge in [0.1, 0.15) is 0 Å². The van der Waals surface area contributed by atoms with Crippen LogP contribution in [0.3, 0.4) is 0 Å². The summed E-state index contributed by atoms with van der Waals surface area (Å²) >= 11 is 0. The van der Waals surface area contributed by atoms with E-state index in [0.717, 1.165) is 17.8 Å². The highest BCUT2D eigenvalue weighted by molar-refractivity contribution is 5.97. The Kier molecular flexibility index (Phi) is 3.73. The monoisotopic (exact) mass is 294 g/mol.